The Hall–Kier alpha value is -0.0400. The number of hydrogen-bond donors (Lipinski definition) is 1. The Bertz CT molecular complexity index is 214. The molecule has 0 aromatic rings. The molecule has 0 heterocycles. The molecule has 1 nitrogen and oxygen atoms in total. The van der Waals surface area contributed by atoms with Gasteiger partial charge in [0.05, 0.1) is 0 Å². The zero-order valence-corrected chi connectivity index (χ0v) is 13.9. The summed E-state index contributed by atoms with van der Waals surface area (Å²) >= 11 is 0. The quantitative estimate of drug-likeness (QED) is 0.552. The van der Waals surface area contributed by atoms with Crippen molar-refractivity contribution in [2.75, 3.05) is 13.1 Å². The molecule has 0 aromatic heterocycles. The molecular weight excluding hydrogens is 230 g/mol. The second kappa shape index (κ2) is 9.00. The summed E-state index contributed by atoms with van der Waals surface area (Å²) in [6.45, 7) is 11.8. The molecule has 1 N–H and O–H groups in total. The van der Waals surface area contributed by atoms with Crippen LogP contribution in [0.3, 0.4) is 0 Å². The average molecular weight is 268 g/mol. The van der Waals surface area contributed by atoms with E-state index in [0.717, 1.165) is 11.8 Å². The highest BCUT2D eigenvalue weighted by atomic mass is 14.9. The Balaban J connectivity index is 2.43. The smallest absolute Gasteiger partial charge is 0.000791 e. The standard InChI is InChI=1S/C18H37N/c1-5-7-8-17-9-11-18(12-10-17,14-16(3)4)15-19-13-6-2/h16-17,19H,5-15H2,1-4H3. The number of nitrogens with one attached hydrogen (secondary N) is 1. The van der Waals surface area contributed by atoms with Crippen LogP contribution in [0, 0.1) is 17.3 Å². The van der Waals surface area contributed by atoms with E-state index in [1.807, 2.05) is 0 Å². The van der Waals surface area contributed by atoms with Gasteiger partial charge in [0.1, 0.15) is 0 Å². The van der Waals surface area contributed by atoms with E-state index >= 15 is 0 Å². The molecular formula is C18H37N. The molecule has 0 aliphatic heterocycles. The van der Waals surface area contributed by atoms with E-state index in [-0.39, 0.29) is 0 Å². The summed E-state index contributed by atoms with van der Waals surface area (Å²) in [5, 5.41) is 3.71. The van der Waals surface area contributed by atoms with Crippen molar-refractivity contribution in [3.05, 3.63) is 0 Å². The molecule has 0 aromatic carbocycles. The molecule has 1 rings (SSSR count). The van der Waals surface area contributed by atoms with Crippen molar-refractivity contribution in [1.82, 2.24) is 5.32 Å². The average Bonchev–Trinajstić information content (AvgIpc) is 2.38. The van der Waals surface area contributed by atoms with Crippen LogP contribution in [0.4, 0.5) is 0 Å². The Labute approximate surface area is 121 Å². The van der Waals surface area contributed by atoms with Crippen molar-refractivity contribution < 1.29 is 0 Å². The zero-order chi connectivity index (χ0) is 14.1. The Morgan fingerprint density at radius 1 is 1.11 bits per heavy atom. The van der Waals surface area contributed by atoms with Gasteiger partial charge in [0, 0.05) is 6.54 Å². The van der Waals surface area contributed by atoms with Gasteiger partial charge in [-0.1, -0.05) is 47.0 Å². The van der Waals surface area contributed by atoms with Crippen LogP contribution in [0.2, 0.25) is 0 Å². The maximum absolute atomic E-state index is 3.71. The van der Waals surface area contributed by atoms with Crippen LogP contribution >= 0.6 is 0 Å². The van der Waals surface area contributed by atoms with Crippen molar-refractivity contribution in [3.63, 3.8) is 0 Å². The lowest BCUT2D eigenvalue weighted by Crippen LogP contribution is -2.39. The Morgan fingerprint density at radius 3 is 2.32 bits per heavy atom. The fourth-order valence-electron chi connectivity index (χ4n) is 3.92. The summed E-state index contributed by atoms with van der Waals surface area (Å²) in [5.74, 6) is 1.88. The first-order valence-electron chi connectivity index (χ1n) is 8.82. The van der Waals surface area contributed by atoms with Crippen LogP contribution in [0.25, 0.3) is 0 Å². The molecule has 0 unspecified atom stereocenters. The van der Waals surface area contributed by atoms with Gasteiger partial charge in [-0.25, -0.2) is 0 Å². The van der Waals surface area contributed by atoms with Crippen LogP contribution < -0.4 is 5.32 Å². The van der Waals surface area contributed by atoms with Gasteiger partial charge in [-0.15, -0.1) is 0 Å². The Morgan fingerprint density at radius 2 is 1.79 bits per heavy atom. The third-order valence-corrected chi connectivity index (χ3v) is 4.90. The minimum absolute atomic E-state index is 0.617. The Kier molecular flexibility index (Phi) is 8.06. The predicted octanol–water partition coefficient (Wildman–Crippen LogP) is 5.40. The zero-order valence-electron chi connectivity index (χ0n) is 13.9. The SMILES string of the molecule is CCCCC1CCC(CNCCC)(CC(C)C)CC1. The van der Waals surface area contributed by atoms with E-state index in [4.69, 9.17) is 0 Å². The van der Waals surface area contributed by atoms with Crippen LogP contribution in [0.5, 0.6) is 0 Å². The lowest BCUT2D eigenvalue weighted by molar-refractivity contribution is 0.112. The molecule has 0 radical (unpaired) electrons. The highest BCUT2D eigenvalue weighted by Crippen LogP contribution is 2.44. The van der Waals surface area contributed by atoms with Crippen LogP contribution in [0.1, 0.15) is 85.5 Å². The van der Waals surface area contributed by atoms with Gasteiger partial charge in [-0.05, 0) is 62.3 Å². The first-order chi connectivity index (χ1) is 9.12. The molecule has 0 bridgehead atoms. The molecule has 0 amide bonds. The molecule has 19 heavy (non-hydrogen) atoms. The van der Waals surface area contributed by atoms with E-state index in [1.165, 1.54) is 70.9 Å². The van der Waals surface area contributed by atoms with Gasteiger partial charge in [0.15, 0.2) is 0 Å². The maximum atomic E-state index is 3.71. The summed E-state index contributed by atoms with van der Waals surface area (Å²) < 4.78 is 0. The topological polar surface area (TPSA) is 12.0 Å². The molecule has 114 valence electrons. The molecule has 0 atom stereocenters. The lowest BCUT2D eigenvalue weighted by atomic mass is 9.66. The monoisotopic (exact) mass is 267 g/mol. The highest BCUT2D eigenvalue weighted by Gasteiger charge is 2.35. The first kappa shape index (κ1) is 17.0. The molecule has 1 aliphatic rings. The van der Waals surface area contributed by atoms with E-state index < -0.39 is 0 Å². The number of rotatable bonds is 9. The van der Waals surface area contributed by atoms with Crippen LogP contribution in [-0.4, -0.2) is 13.1 Å². The molecule has 1 fully saturated rings. The molecule has 0 saturated heterocycles. The van der Waals surface area contributed by atoms with Gasteiger partial charge in [-0.3, -0.25) is 0 Å². The third-order valence-electron chi connectivity index (χ3n) is 4.90. The minimum atomic E-state index is 0.617. The summed E-state index contributed by atoms with van der Waals surface area (Å²) in [4.78, 5) is 0. The molecule has 1 heteroatoms. The second-order valence-electron chi connectivity index (χ2n) is 7.36. The van der Waals surface area contributed by atoms with E-state index in [9.17, 15) is 0 Å². The molecule has 1 aliphatic carbocycles. The largest absolute Gasteiger partial charge is 0.316 e. The molecule has 0 spiro atoms. The van der Waals surface area contributed by atoms with E-state index in [0.29, 0.717) is 5.41 Å². The lowest BCUT2D eigenvalue weighted by Gasteiger charge is -2.42. The summed E-state index contributed by atoms with van der Waals surface area (Å²) in [7, 11) is 0. The number of unbranched alkanes of at least 4 members (excludes halogenated alkanes) is 1. The normalized spacial score (nSPS) is 27.9. The predicted molar refractivity (Wildman–Crippen MR) is 86.5 cm³/mol. The summed E-state index contributed by atoms with van der Waals surface area (Å²) in [6.07, 6.45) is 12.9. The van der Waals surface area contributed by atoms with Crippen LogP contribution in [-0.2, 0) is 0 Å². The van der Waals surface area contributed by atoms with Crippen molar-refractivity contribution in [1.29, 1.82) is 0 Å². The van der Waals surface area contributed by atoms with E-state index in [1.54, 1.807) is 0 Å². The molecule has 1 saturated carbocycles. The van der Waals surface area contributed by atoms with Gasteiger partial charge in [0.25, 0.3) is 0 Å². The number of hydrogen-bond acceptors (Lipinski definition) is 1. The maximum Gasteiger partial charge on any atom is 0.000791 e. The fourth-order valence-corrected chi connectivity index (χ4v) is 3.92. The van der Waals surface area contributed by atoms with Crippen molar-refractivity contribution >= 4 is 0 Å². The van der Waals surface area contributed by atoms with Crippen molar-refractivity contribution in [2.45, 2.75) is 85.5 Å². The fraction of sp³-hybridized carbons (Fsp3) is 1.00. The summed E-state index contributed by atoms with van der Waals surface area (Å²) in [6, 6.07) is 0. The van der Waals surface area contributed by atoms with E-state index in [2.05, 4.69) is 33.0 Å². The highest BCUT2D eigenvalue weighted by molar-refractivity contribution is 4.88. The summed E-state index contributed by atoms with van der Waals surface area (Å²) in [5.41, 5.74) is 0.617. The minimum Gasteiger partial charge on any atom is -0.316 e. The van der Waals surface area contributed by atoms with Gasteiger partial charge < -0.3 is 5.32 Å². The van der Waals surface area contributed by atoms with Crippen LogP contribution in [0.15, 0.2) is 0 Å². The first-order valence-corrected chi connectivity index (χ1v) is 8.82. The van der Waals surface area contributed by atoms with Gasteiger partial charge >= 0.3 is 0 Å². The second-order valence-corrected chi connectivity index (χ2v) is 7.36. The van der Waals surface area contributed by atoms with Crippen molar-refractivity contribution in [3.8, 4) is 0 Å². The van der Waals surface area contributed by atoms with Gasteiger partial charge in [-0.2, -0.15) is 0 Å². The third kappa shape index (κ3) is 6.29. The van der Waals surface area contributed by atoms with Gasteiger partial charge in [0.2, 0.25) is 0 Å². The van der Waals surface area contributed by atoms with Crippen molar-refractivity contribution in [2.24, 2.45) is 17.3 Å².